The van der Waals surface area contributed by atoms with Crippen molar-refractivity contribution in [3.63, 3.8) is 0 Å². The van der Waals surface area contributed by atoms with Crippen molar-refractivity contribution >= 4 is 32.2 Å². The molecule has 130 valence electrons. The highest BCUT2D eigenvalue weighted by molar-refractivity contribution is 7.90. The van der Waals surface area contributed by atoms with Gasteiger partial charge in [0.15, 0.2) is 9.84 Å². The van der Waals surface area contributed by atoms with E-state index in [1.807, 2.05) is 25.1 Å². The van der Waals surface area contributed by atoms with Gasteiger partial charge >= 0.3 is 5.69 Å². The van der Waals surface area contributed by atoms with Crippen LogP contribution >= 0.6 is 0 Å². The van der Waals surface area contributed by atoms with Crippen molar-refractivity contribution in [3.05, 3.63) is 57.9 Å². The van der Waals surface area contributed by atoms with Crippen LogP contribution in [0.5, 0.6) is 0 Å². The van der Waals surface area contributed by atoms with Crippen LogP contribution in [0, 0.1) is 17.0 Å². The Morgan fingerprint density at radius 3 is 2.60 bits per heavy atom. The molecule has 0 spiro atoms. The minimum absolute atomic E-state index is 0.130. The van der Waals surface area contributed by atoms with E-state index in [0.29, 0.717) is 5.82 Å². The number of para-hydroxylation sites is 2. The monoisotopic (exact) mass is 360 g/mol. The van der Waals surface area contributed by atoms with Crippen molar-refractivity contribution in [1.29, 1.82) is 0 Å². The number of sulfone groups is 1. The summed E-state index contributed by atoms with van der Waals surface area (Å²) in [6.45, 7) is 2.14. The number of hydrogen-bond donors (Lipinski definition) is 2. The molecule has 3 aromatic rings. The van der Waals surface area contributed by atoms with Gasteiger partial charge in [-0.25, -0.2) is 13.4 Å². The molecule has 0 saturated heterocycles. The topological polar surface area (TPSA) is 118 Å². The Morgan fingerprint density at radius 1 is 1.24 bits per heavy atom. The molecule has 25 heavy (non-hydrogen) atoms. The number of benzene rings is 2. The third-order valence-electron chi connectivity index (χ3n) is 3.79. The summed E-state index contributed by atoms with van der Waals surface area (Å²) in [7, 11) is -3.72. The molecule has 0 saturated carbocycles. The minimum atomic E-state index is -3.72. The summed E-state index contributed by atoms with van der Waals surface area (Å²) >= 11 is 0. The molecular weight excluding hydrogens is 344 g/mol. The van der Waals surface area contributed by atoms with Crippen LogP contribution in [-0.2, 0) is 16.4 Å². The summed E-state index contributed by atoms with van der Waals surface area (Å²) in [4.78, 5) is 18.0. The Kier molecular flexibility index (Phi) is 4.17. The average Bonchev–Trinajstić information content (AvgIpc) is 2.96. The first-order valence-corrected chi connectivity index (χ1v) is 9.32. The standard InChI is InChI=1S/C16H16N4O4S/c1-10-5-3-6-11-15(10)19-14(18-11)9-17-12-7-4-8-13(25(2,23)24)16(12)20(21)22/h3-8,17H,9H2,1-2H3,(H,18,19). The number of aromatic nitrogens is 2. The van der Waals surface area contributed by atoms with Crippen molar-refractivity contribution in [2.24, 2.45) is 0 Å². The molecule has 0 aliphatic heterocycles. The van der Waals surface area contributed by atoms with Gasteiger partial charge in [0.1, 0.15) is 16.4 Å². The lowest BCUT2D eigenvalue weighted by molar-refractivity contribution is -0.386. The maximum Gasteiger partial charge on any atom is 0.310 e. The fraction of sp³-hybridized carbons (Fsp3) is 0.188. The van der Waals surface area contributed by atoms with Crippen LogP contribution in [-0.4, -0.2) is 29.6 Å². The zero-order valence-corrected chi connectivity index (χ0v) is 14.4. The first-order chi connectivity index (χ1) is 11.8. The van der Waals surface area contributed by atoms with Crippen LogP contribution in [0.15, 0.2) is 41.3 Å². The van der Waals surface area contributed by atoms with E-state index in [1.165, 1.54) is 18.2 Å². The van der Waals surface area contributed by atoms with E-state index in [9.17, 15) is 18.5 Å². The molecule has 0 fully saturated rings. The van der Waals surface area contributed by atoms with Gasteiger partial charge in [0.25, 0.3) is 0 Å². The highest BCUT2D eigenvalue weighted by atomic mass is 32.2. The predicted molar refractivity (Wildman–Crippen MR) is 94.4 cm³/mol. The van der Waals surface area contributed by atoms with Gasteiger partial charge in [-0.05, 0) is 30.7 Å². The third kappa shape index (κ3) is 3.31. The molecule has 0 bridgehead atoms. The fourth-order valence-corrected chi connectivity index (χ4v) is 3.50. The van der Waals surface area contributed by atoms with Crippen molar-refractivity contribution < 1.29 is 13.3 Å². The van der Waals surface area contributed by atoms with Crippen LogP contribution < -0.4 is 5.32 Å². The van der Waals surface area contributed by atoms with Gasteiger partial charge in [-0.1, -0.05) is 18.2 Å². The molecule has 3 rings (SSSR count). The molecular formula is C16H16N4O4S. The highest BCUT2D eigenvalue weighted by Crippen LogP contribution is 2.32. The van der Waals surface area contributed by atoms with Crippen molar-refractivity contribution in [2.45, 2.75) is 18.4 Å². The summed E-state index contributed by atoms with van der Waals surface area (Å²) in [5, 5.41) is 14.3. The molecule has 1 heterocycles. The van der Waals surface area contributed by atoms with Crippen LogP contribution in [0.25, 0.3) is 11.0 Å². The lowest BCUT2D eigenvalue weighted by Crippen LogP contribution is -2.08. The second-order valence-corrected chi connectivity index (χ2v) is 7.67. The lowest BCUT2D eigenvalue weighted by Gasteiger charge is -2.08. The molecule has 8 nitrogen and oxygen atoms in total. The van der Waals surface area contributed by atoms with E-state index in [-0.39, 0.29) is 17.1 Å². The number of anilines is 1. The molecule has 0 aliphatic carbocycles. The number of nitro groups is 1. The zero-order valence-electron chi connectivity index (χ0n) is 13.6. The number of imidazole rings is 1. The van der Waals surface area contributed by atoms with Crippen LogP contribution in [0.1, 0.15) is 11.4 Å². The van der Waals surface area contributed by atoms with Gasteiger partial charge in [-0.2, -0.15) is 0 Å². The van der Waals surface area contributed by atoms with Gasteiger partial charge in [-0.3, -0.25) is 10.1 Å². The van der Waals surface area contributed by atoms with Gasteiger partial charge in [0, 0.05) is 6.26 Å². The number of aryl methyl sites for hydroxylation is 1. The molecule has 1 aromatic heterocycles. The third-order valence-corrected chi connectivity index (χ3v) is 4.92. The maximum absolute atomic E-state index is 11.8. The van der Waals surface area contributed by atoms with Gasteiger partial charge in [-0.15, -0.1) is 0 Å². The molecule has 0 radical (unpaired) electrons. The number of hydrogen-bond acceptors (Lipinski definition) is 6. The Hall–Kier alpha value is -2.94. The van der Waals surface area contributed by atoms with E-state index in [4.69, 9.17) is 0 Å². The molecule has 0 unspecified atom stereocenters. The summed E-state index contributed by atoms with van der Waals surface area (Å²) in [5.74, 6) is 0.600. The molecule has 9 heteroatoms. The number of aromatic amines is 1. The number of H-pyrrole nitrogens is 1. The number of nitro benzene ring substituents is 1. The zero-order chi connectivity index (χ0) is 18.2. The number of fused-ring (bicyclic) bond motifs is 1. The largest absolute Gasteiger partial charge is 0.372 e. The lowest BCUT2D eigenvalue weighted by atomic mass is 10.2. The fourth-order valence-electron chi connectivity index (χ4n) is 2.64. The van der Waals surface area contributed by atoms with Crippen LogP contribution in [0.3, 0.4) is 0 Å². The Labute approximate surface area is 144 Å². The summed E-state index contributed by atoms with van der Waals surface area (Å²) in [5.41, 5.74) is 2.39. The Bertz CT molecular complexity index is 1070. The quantitative estimate of drug-likeness (QED) is 0.533. The first kappa shape index (κ1) is 16.9. The summed E-state index contributed by atoms with van der Waals surface area (Å²) in [6, 6.07) is 9.91. The first-order valence-electron chi connectivity index (χ1n) is 7.43. The number of nitrogens with zero attached hydrogens (tertiary/aromatic N) is 2. The Balaban J connectivity index is 1.95. The molecule has 2 N–H and O–H groups in total. The SMILES string of the molecule is Cc1cccc2[nH]c(CNc3cccc(S(C)(=O)=O)c3[N+](=O)[O-])nc12. The average molecular weight is 360 g/mol. The smallest absolute Gasteiger partial charge is 0.310 e. The molecule has 0 aliphatic rings. The van der Waals surface area contributed by atoms with E-state index in [1.54, 1.807) is 0 Å². The van der Waals surface area contributed by atoms with E-state index in [2.05, 4.69) is 15.3 Å². The van der Waals surface area contributed by atoms with Crippen molar-refractivity contribution in [2.75, 3.05) is 11.6 Å². The van der Waals surface area contributed by atoms with Crippen LogP contribution in [0.2, 0.25) is 0 Å². The maximum atomic E-state index is 11.8. The van der Waals surface area contributed by atoms with Gasteiger partial charge in [0.05, 0.1) is 22.5 Å². The van der Waals surface area contributed by atoms with Crippen molar-refractivity contribution in [3.8, 4) is 0 Å². The number of nitrogens with one attached hydrogen (secondary N) is 2. The van der Waals surface area contributed by atoms with E-state index >= 15 is 0 Å². The second-order valence-electron chi connectivity index (χ2n) is 5.69. The molecule has 0 amide bonds. The number of rotatable bonds is 5. The minimum Gasteiger partial charge on any atom is -0.372 e. The second kappa shape index (κ2) is 6.17. The highest BCUT2D eigenvalue weighted by Gasteiger charge is 2.26. The predicted octanol–water partition coefficient (Wildman–Crippen LogP) is 2.80. The van der Waals surface area contributed by atoms with E-state index < -0.39 is 20.4 Å². The Morgan fingerprint density at radius 2 is 1.96 bits per heavy atom. The molecule has 2 aromatic carbocycles. The van der Waals surface area contributed by atoms with Gasteiger partial charge < -0.3 is 10.3 Å². The summed E-state index contributed by atoms with van der Waals surface area (Å²) in [6.07, 6.45) is 0.946. The van der Waals surface area contributed by atoms with Crippen LogP contribution in [0.4, 0.5) is 11.4 Å². The summed E-state index contributed by atoms with van der Waals surface area (Å²) < 4.78 is 23.6. The van der Waals surface area contributed by atoms with E-state index in [0.717, 1.165) is 22.9 Å². The molecule has 0 atom stereocenters. The van der Waals surface area contributed by atoms with Gasteiger partial charge in [0.2, 0.25) is 0 Å². The van der Waals surface area contributed by atoms with Crippen molar-refractivity contribution in [1.82, 2.24) is 9.97 Å². The normalized spacial score (nSPS) is 11.6.